The molecule has 1 aliphatic carbocycles. The molecule has 0 aromatic carbocycles. The summed E-state index contributed by atoms with van der Waals surface area (Å²) < 4.78 is 4.74. The molecule has 0 aromatic rings. The maximum absolute atomic E-state index is 10.9. The van der Waals surface area contributed by atoms with E-state index >= 15 is 0 Å². The minimum atomic E-state index is -0.855. The highest BCUT2D eigenvalue weighted by atomic mass is 16.5. The van der Waals surface area contributed by atoms with E-state index in [1.165, 1.54) is 6.92 Å². The van der Waals surface area contributed by atoms with Gasteiger partial charge in [-0.2, -0.15) is 0 Å². The molecule has 0 saturated heterocycles. The van der Waals surface area contributed by atoms with Crippen LogP contribution in [0.2, 0.25) is 0 Å². The topological polar surface area (TPSA) is 63.6 Å². The summed E-state index contributed by atoms with van der Waals surface area (Å²) in [5.41, 5.74) is -0.801. The molecule has 0 radical (unpaired) electrons. The van der Waals surface area contributed by atoms with Crippen molar-refractivity contribution < 1.29 is 19.4 Å². The molecule has 0 heterocycles. The SMILES string of the molecule is CC(=O)OCC1(C(=O)O)CC(C)C1. The van der Waals surface area contributed by atoms with Crippen molar-refractivity contribution in [2.75, 3.05) is 6.61 Å². The lowest BCUT2D eigenvalue weighted by Crippen LogP contribution is -2.46. The summed E-state index contributed by atoms with van der Waals surface area (Å²) >= 11 is 0. The molecule has 1 rings (SSSR count). The number of carbonyl (C=O) groups is 2. The normalized spacial score (nSPS) is 32.0. The molecule has 74 valence electrons. The predicted molar refractivity (Wildman–Crippen MR) is 45.1 cm³/mol. The summed E-state index contributed by atoms with van der Waals surface area (Å²) in [6.07, 6.45) is 1.21. The van der Waals surface area contributed by atoms with Gasteiger partial charge in [0.05, 0.1) is 0 Å². The van der Waals surface area contributed by atoms with E-state index in [2.05, 4.69) is 0 Å². The molecule has 0 bridgehead atoms. The molecular formula is C9H14O4. The number of hydrogen-bond acceptors (Lipinski definition) is 3. The van der Waals surface area contributed by atoms with E-state index in [-0.39, 0.29) is 6.61 Å². The van der Waals surface area contributed by atoms with Gasteiger partial charge in [-0.15, -0.1) is 0 Å². The van der Waals surface area contributed by atoms with Gasteiger partial charge >= 0.3 is 11.9 Å². The molecule has 0 spiro atoms. The van der Waals surface area contributed by atoms with Gasteiger partial charge in [-0.1, -0.05) is 6.92 Å². The second kappa shape index (κ2) is 3.36. The molecule has 0 aromatic heterocycles. The summed E-state index contributed by atoms with van der Waals surface area (Å²) in [5, 5.41) is 8.92. The summed E-state index contributed by atoms with van der Waals surface area (Å²) in [7, 11) is 0. The van der Waals surface area contributed by atoms with Crippen molar-refractivity contribution in [2.45, 2.75) is 26.7 Å². The van der Waals surface area contributed by atoms with Gasteiger partial charge in [-0.05, 0) is 18.8 Å². The third kappa shape index (κ3) is 1.99. The third-order valence-corrected chi connectivity index (χ3v) is 2.48. The van der Waals surface area contributed by atoms with E-state index in [1.54, 1.807) is 0 Å². The Kier molecular flexibility index (Phi) is 2.59. The van der Waals surface area contributed by atoms with Gasteiger partial charge in [0, 0.05) is 6.92 Å². The molecule has 1 saturated carbocycles. The minimum absolute atomic E-state index is 0.0159. The first-order valence-corrected chi connectivity index (χ1v) is 4.33. The molecule has 13 heavy (non-hydrogen) atoms. The van der Waals surface area contributed by atoms with Crippen LogP contribution in [-0.4, -0.2) is 23.7 Å². The van der Waals surface area contributed by atoms with Gasteiger partial charge < -0.3 is 9.84 Å². The number of aliphatic carboxylic acids is 1. The maximum Gasteiger partial charge on any atom is 0.313 e. The van der Waals surface area contributed by atoms with Crippen LogP contribution in [0.15, 0.2) is 0 Å². The summed E-state index contributed by atoms with van der Waals surface area (Å²) in [5.74, 6) is -0.848. The van der Waals surface area contributed by atoms with E-state index in [0.29, 0.717) is 18.8 Å². The van der Waals surface area contributed by atoms with Crippen molar-refractivity contribution >= 4 is 11.9 Å². The van der Waals surface area contributed by atoms with Crippen LogP contribution in [0.5, 0.6) is 0 Å². The Balaban J connectivity index is 2.50. The van der Waals surface area contributed by atoms with Crippen molar-refractivity contribution in [3.63, 3.8) is 0 Å². The van der Waals surface area contributed by atoms with Crippen LogP contribution in [0.25, 0.3) is 0 Å². The fraction of sp³-hybridized carbons (Fsp3) is 0.778. The monoisotopic (exact) mass is 186 g/mol. The lowest BCUT2D eigenvalue weighted by atomic mass is 9.63. The number of carboxylic acids is 1. The number of rotatable bonds is 3. The lowest BCUT2D eigenvalue weighted by Gasteiger charge is -2.41. The average Bonchev–Trinajstić information content (AvgIpc) is 1.94. The quantitative estimate of drug-likeness (QED) is 0.669. The first-order valence-electron chi connectivity index (χ1n) is 4.33. The second-order valence-corrected chi connectivity index (χ2v) is 3.88. The highest BCUT2D eigenvalue weighted by molar-refractivity contribution is 5.76. The van der Waals surface area contributed by atoms with E-state index < -0.39 is 17.4 Å². The van der Waals surface area contributed by atoms with Crippen LogP contribution in [0.1, 0.15) is 26.7 Å². The number of esters is 1. The van der Waals surface area contributed by atoms with Gasteiger partial charge in [-0.25, -0.2) is 0 Å². The van der Waals surface area contributed by atoms with Crippen molar-refractivity contribution in [1.82, 2.24) is 0 Å². The van der Waals surface area contributed by atoms with Crippen LogP contribution < -0.4 is 0 Å². The average molecular weight is 186 g/mol. The lowest BCUT2D eigenvalue weighted by molar-refractivity contribution is -0.168. The molecular weight excluding hydrogens is 172 g/mol. The van der Waals surface area contributed by atoms with E-state index in [1.807, 2.05) is 6.92 Å². The van der Waals surface area contributed by atoms with Crippen molar-refractivity contribution in [2.24, 2.45) is 11.3 Å². The fourth-order valence-electron chi connectivity index (χ4n) is 1.87. The standard InChI is InChI=1S/C9H14O4/c1-6-3-9(4-6,8(11)12)5-13-7(2)10/h6H,3-5H2,1-2H3,(H,11,12). The van der Waals surface area contributed by atoms with Gasteiger partial charge in [-0.3, -0.25) is 9.59 Å². The van der Waals surface area contributed by atoms with Gasteiger partial charge in [0.1, 0.15) is 12.0 Å². The predicted octanol–water partition coefficient (Wildman–Crippen LogP) is 1.05. The Morgan fingerprint density at radius 1 is 1.54 bits per heavy atom. The number of ether oxygens (including phenoxy) is 1. The third-order valence-electron chi connectivity index (χ3n) is 2.48. The zero-order valence-corrected chi connectivity index (χ0v) is 7.87. The summed E-state index contributed by atoms with van der Waals surface area (Å²) in [6, 6.07) is 0. The minimum Gasteiger partial charge on any atom is -0.481 e. The smallest absolute Gasteiger partial charge is 0.313 e. The second-order valence-electron chi connectivity index (χ2n) is 3.88. The highest BCUT2D eigenvalue weighted by Gasteiger charge is 2.49. The Morgan fingerprint density at radius 2 is 2.08 bits per heavy atom. The largest absolute Gasteiger partial charge is 0.481 e. The van der Waals surface area contributed by atoms with E-state index in [9.17, 15) is 9.59 Å². The zero-order valence-electron chi connectivity index (χ0n) is 7.87. The number of hydrogen-bond donors (Lipinski definition) is 1. The van der Waals surface area contributed by atoms with Gasteiger partial charge in [0.2, 0.25) is 0 Å². The Hall–Kier alpha value is -1.06. The number of carbonyl (C=O) groups excluding carboxylic acids is 1. The maximum atomic E-state index is 10.9. The first-order chi connectivity index (χ1) is 5.96. The molecule has 4 nitrogen and oxygen atoms in total. The van der Waals surface area contributed by atoms with E-state index in [4.69, 9.17) is 9.84 Å². The zero-order chi connectivity index (χ0) is 10.1. The van der Waals surface area contributed by atoms with Gasteiger partial charge in [0.15, 0.2) is 0 Å². The molecule has 1 fully saturated rings. The summed E-state index contributed by atoms with van der Waals surface area (Å²) in [6.45, 7) is 3.30. The Morgan fingerprint density at radius 3 is 2.38 bits per heavy atom. The van der Waals surface area contributed by atoms with Crippen LogP contribution >= 0.6 is 0 Å². The Bertz CT molecular complexity index is 228. The summed E-state index contributed by atoms with van der Waals surface area (Å²) in [4.78, 5) is 21.4. The van der Waals surface area contributed by atoms with Gasteiger partial charge in [0.25, 0.3) is 0 Å². The van der Waals surface area contributed by atoms with E-state index in [0.717, 1.165) is 0 Å². The molecule has 0 atom stereocenters. The first kappa shape index (κ1) is 10.0. The van der Waals surface area contributed by atoms with Crippen LogP contribution in [-0.2, 0) is 14.3 Å². The van der Waals surface area contributed by atoms with Crippen LogP contribution in [0.4, 0.5) is 0 Å². The molecule has 4 heteroatoms. The van der Waals surface area contributed by atoms with Crippen molar-refractivity contribution in [1.29, 1.82) is 0 Å². The molecule has 0 aliphatic heterocycles. The molecule has 0 amide bonds. The highest BCUT2D eigenvalue weighted by Crippen LogP contribution is 2.45. The van der Waals surface area contributed by atoms with Crippen LogP contribution in [0, 0.1) is 11.3 Å². The van der Waals surface area contributed by atoms with Crippen molar-refractivity contribution in [3.05, 3.63) is 0 Å². The number of carboxylic acid groups (broad SMARTS) is 1. The van der Waals surface area contributed by atoms with Crippen molar-refractivity contribution in [3.8, 4) is 0 Å². The molecule has 0 unspecified atom stereocenters. The molecule has 1 aliphatic rings. The van der Waals surface area contributed by atoms with Crippen LogP contribution in [0.3, 0.4) is 0 Å². The Labute approximate surface area is 76.9 Å². The fourth-order valence-corrected chi connectivity index (χ4v) is 1.87. The molecule has 1 N–H and O–H groups in total.